The molecule has 0 aliphatic rings. The van der Waals surface area contributed by atoms with Gasteiger partial charge in [-0.05, 0) is 47.6 Å². The van der Waals surface area contributed by atoms with E-state index < -0.39 is 5.41 Å². The van der Waals surface area contributed by atoms with Crippen molar-refractivity contribution in [2.45, 2.75) is 26.2 Å². The largest absolute Gasteiger partial charge is 0.465 e. The summed E-state index contributed by atoms with van der Waals surface area (Å²) < 4.78 is 6.00. The number of rotatable bonds is 3. The third kappa shape index (κ3) is 2.17. The van der Waals surface area contributed by atoms with E-state index in [4.69, 9.17) is 4.74 Å². The quantitative estimate of drug-likeness (QED) is 0.792. The summed E-state index contributed by atoms with van der Waals surface area (Å²) in [6.07, 6.45) is 0. The molecule has 4 heteroatoms. The average molecular weight is 277 g/mol. The summed E-state index contributed by atoms with van der Waals surface area (Å²) in [6, 6.07) is 0. The van der Waals surface area contributed by atoms with Crippen LogP contribution in [0.3, 0.4) is 0 Å². The molecule has 1 aromatic rings. The van der Waals surface area contributed by atoms with E-state index in [1.807, 2.05) is 31.5 Å². The fourth-order valence-corrected chi connectivity index (χ4v) is 3.11. The molecule has 0 bridgehead atoms. The Morgan fingerprint density at radius 3 is 2.64 bits per heavy atom. The molecule has 0 aromatic carbocycles. The third-order valence-corrected chi connectivity index (χ3v) is 3.78. The molecule has 1 rings (SSSR count). The van der Waals surface area contributed by atoms with Gasteiger partial charge < -0.3 is 4.74 Å². The van der Waals surface area contributed by atoms with Gasteiger partial charge in [0.25, 0.3) is 0 Å². The second-order valence-corrected chi connectivity index (χ2v) is 5.08. The number of halogens is 1. The highest BCUT2D eigenvalue weighted by Gasteiger charge is 2.33. The van der Waals surface area contributed by atoms with Crippen molar-refractivity contribution in [3.05, 3.63) is 20.8 Å². The zero-order chi connectivity index (χ0) is 10.8. The van der Waals surface area contributed by atoms with Gasteiger partial charge in [0.2, 0.25) is 0 Å². The number of ether oxygens (including phenoxy) is 1. The summed E-state index contributed by atoms with van der Waals surface area (Å²) in [5.41, 5.74) is 0.412. The number of hydrogen-bond acceptors (Lipinski definition) is 3. The molecule has 1 aromatic heterocycles. The molecule has 78 valence electrons. The van der Waals surface area contributed by atoms with E-state index in [9.17, 15) is 4.79 Å². The van der Waals surface area contributed by atoms with Crippen LogP contribution < -0.4 is 0 Å². The Bertz CT molecular complexity index is 331. The summed E-state index contributed by atoms with van der Waals surface area (Å²) >= 11 is 5.00. The maximum atomic E-state index is 11.7. The lowest BCUT2D eigenvalue weighted by Gasteiger charge is -2.21. The molecular weight excluding hydrogens is 264 g/mol. The van der Waals surface area contributed by atoms with Crippen LogP contribution in [-0.4, -0.2) is 12.6 Å². The molecule has 0 spiro atoms. The molecular formula is C10H13BrO2S. The summed E-state index contributed by atoms with van der Waals surface area (Å²) in [5, 5.41) is 3.94. The van der Waals surface area contributed by atoms with E-state index in [1.165, 1.54) is 0 Å². The normalized spacial score (nSPS) is 11.4. The number of thiophene rings is 1. The molecule has 1 heterocycles. The van der Waals surface area contributed by atoms with Crippen LogP contribution in [-0.2, 0) is 14.9 Å². The lowest BCUT2D eigenvalue weighted by molar-refractivity contribution is -0.148. The lowest BCUT2D eigenvalue weighted by atomic mass is 9.87. The first-order valence-electron chi connectivity index (χ1n) is 4.39. The molecule has 2 nitrogen and oxygen atoms in total. The van der Waals surface area contributed by atoms with E-state index in [1.54, 1.807) is 11.3 Å². The third-order valence-electron chi connectivity index (χ3n) is 2.07. The first-order valence-corrected chi connectivity index (χ1v) is 6.13. The highest BCUT2D eigenvalue weighted by Crippen LogP contribution is 2.33. The predicted octanol–water partition coefficient (Wildman–Crippen LogP) is 3.35. The van der Waals surface area contributed by atoms with Crippen molar-refractivity contribution in [3.63, 3.8) is 0 Å². The van der Waals surface area contributed by atoms with Crippen molar-refractivity contribution < 1.29 is 9.53 Å². The van der Waals surface area contributed by atoms with Crippen molar-refractivity contribution in [1.82, 2.24) is 0 Å². The van der Waals surface area contributed by atoms with E-state index in [-0.39, 0.29) is 5.97 Å². The number of carbonyl (C=O) groups excluding carboxylic acids is 1. The Kier molecular flexibility index (Phi) is 3.72. The van der Waals surface area contributed by atoms with Crippen LogP contribution >= 0.6 is 27.3 Å². The Labute approximate surface area is 96.4 Å². The minimum absolute atomic E-state index is 0.181. The van der Waals surface area contributed by atoms with Crippen LogP contribution in [0.4, 0.5) is 0 Å². The molecule has 0 fully saturated rings. The van der Waals surface area contributed by atoms with Crippen LogP contribution in [0.1, 0.15) is 26.3 Å². The fourth-order valence-electron chi connectivity index (χ4n) is 1.15. The van der Waals surface area contributed by atoms with Gasteiger partial charge in [-0.15, -0.1) is 0 Å². The number of esters is 1. The average Bonchev–Trinajstić information content (AvgIpc) is 2.52. The molecule has 0 saturated heterocycles. The number of carbonyl (C=O) groups is 1. The molecule has 0 amide bonds. The first kappa shape index (κ1) is 11.7. The maximum absolute atomic E-state index is 11.7. The molecule has 0 saturated carbocycles. The minimum Gasteiger partial charge on any atom is -0.465 e. The molecule has 0 aliphatic carbocycles. The Morgan fingerprint density at radius 1 is 1.57 bits per heavy atom. The van der Waals surface area contributed by atoms with Crippen molar-refractivity contribution in [2.24, 2.45) is 0 Å². The Hall–Kier alpha value is -0.350. The van der Waals surface area contributed by atoms with Crippen LogP contribution in [0.2, 0.25) is 0 Å². The van der Waals surface area contributed by atoms with E-state index >= 15 is 0 Å². The highest BCUT2D eigenvalue weighted by atomic mass is 79.9. The van der Waals surface area contributed by atoms with Gasteiger partial charge in [-0.1, -0.05) is 0 Å². The molecule has 0 aliphatic heterocycles. The van der Waals surface area contributed by atoms with Gasteiger partial charge in [0, 0.05) is 9.85 Å². The van der Waals surface area contributed by atoms with Crippen molar-refractivity contribution in [1.29, 1.82) is 0 Å². The van der Waals surface area contributed by atoms with Crippen molar-refractivity contribution in [2.75, 3.05) is 6.61 Å². The Balaban J connectivity index is 2.95. The standard InChI is InChI=1S/C10H13BrO2S/c1-4-13-9(12)10(2,3)7-5-14-6-8(7)11/h5-6H,4H2,1-3H3. The summed E-state index contributed by atoms with van der Waals surface area (Å²) in [5.74, 6) is -0.181. The molecule has 14 heavy (non-hydrogen) atoms. The SMILES string of the molecule is CCOC(=O)C(C)(C)c1cscc1Br. The van der Waals surface area contributed by atoms with Gasteiger partial charge in [0.05, 0.1) is 12.0 Å². The van der Waals surface area contributed by atoms with Gasteiger partial charge in [-0.3, -0.25) is 4.79 Å². The fraction of sp³-hybridized carbons (Fsp3) is 0.500. The Morgan fingerprint density at radius 2 is 2.21 bits per heavy atom. The van der Waals surface area contributed by atoms with Crippen LogP contribution in [0, 0.1) is 0 Å². The monoisotopic (exact) mass is 276 g/mol. The first-order chi connectivity index (χ1) is 6.50. The highest BCUT2D eigenvalue weighted by molar-refractivity contribution is 9.10. The lowest BCUT2D eigenvalue weighted by Crippen LogP contribution is -2.30. The summed E-state index contributed by atoms with van der Waals surface area (Å²) in [7, 11) is 0. The predicted molar refractivity (Wildman–Crippen MR) is 61.7 cm³/mol. The van der Waals surface area contributed by atoms with Crippen LogP contribution in [0.25, 0.3) is 0 Å². The molecule has 0 N–H and O–H groups in total. The molecule has 0 atom stereocenters. The van der Waals surface area contributed by atoms with E-state index in [0.717, 1.165) is 10.0 Å². The molecule has 0 radical (unpaired) electrons. The summed E-state index contributed by atoms with van der Waals surface area (Å²) in [4.78, 5) is 11.7. The van der Waals surface area contributed by atoms with E-state index in [0.29, 0.717) is 6.61 Å². The topological polar surface area (TPSA) is 26.3 Å². The van der Waals surface area contributed by atoms with Gasteiger partial charge in [-0.2, -0.15) is 11.3 Å². The number of hydrogen-bond donors (Lipinski definition) is 0. The van der Waals surface area contributed by atoms with Crippen molar-refractivity contribution >= 4 is 33.2 Å². The van der Waals surface area contributed by atoms with Gasteiger partial charge in [0.1, 0.15) is 0 Å². The second kappa shape index (κ2) is 4.45. The van der Waals surface area contributed by atoms with Gasteiger partial charge in [-0.25, -0.2) is 0 Å². The minimum atomic E-state index is -0.575. The van der Waals surface area contributed by atoms with Crippen LogP contribution in [0.15, 0.2) is 15.2 Å². The molecule has 0 unspecified atom stereocenters. The zero-order valence-corrected chi connectivity index (χ0v) is 10.9. The van der Waals surface area contributed by atoms with Crippen LogP contribution in [0.5, 0.6) is 0 Å². The smallest absolute Gasteiger partial charge is 0.316 e. The van der Waals surface area contributed by atoms with Gasteiger partial charge >= 0.3 is 5.97 Å². The van der Waals surface area contributed by atoms with Crippen molar-refractivity contribution in [3.8, 4) is 0 Å². The maximum Gasteiger partial charge on any atom is 0.316 e. The zero-order valence-electron chi connectivity index (χ0n) is 8.46. The second-order valence-electron chi connectivity index (χ2n) is 3.48. The van der Waals surface area contributed by atoms with E-state index in [2.05, 4.69) is 15.9 Å². The summed E-state index contributed by atoms with van der Waals surface area (Å²) in [6.45, 7) is 5.98. The van der Waals surface area contributed by atoms with Gasteiger partial charge in [0.15, 0.2) is 0 Å².